The molecular formula is C24H25F3N4O3S. The quantitative estimate of drug-likeness (QED) is 0.327. The highest BCUT2D eigenvalue weighted by molar-refractivity contribution is 7.22. The third kappa shape index (κ3) is 4.44. The van der Waals surface area contributed by atoms with Gasteiger partial charge in [0.05, 0.1) is 10.2 Å². The second-order valence-electron chi connectivity index (χ2n) is 9.11. The number of piperidine rings is 1. The lowest BCUT2D eigenvalue weighted by Crippen LogP contribution is -2.58. The molecule has 186 valence electrons. The first-order valence-corrected chi connectivity index (χ1v) is 11.9. The van der Waals surface area contributed by atoms with Gasteiger partial charge in [-0.2, -0.15) is 0 Å². The Labute approximate surface area is 202 Å². The van der Waals surface area contributed by atoms with E-state index in [-0.39, 0.29) is 24.3 Å². The number of benzene rings is 2. The average Bonchev–Trinajstić information content (AvgIpc) is 3.37. The van der Waals surface area contributed by atoms with Crippen molar-refractivity contribution in [3.63, 3.8) is 0 Å². The smallest absolute Gasteiger partial charge is 0.406 e. The van der Waals surface area contributed by atoms with E-state index >= 15 is 0 Å². The van der Waals surface area contributed by atoms with Crippen LogP contribution in [0.5, 0.6) is 5.75 Å². The molecule has 1 saturated heterocycles. The summed E-state index contributed by atoms with van der Waals surface area (Å²) in [4.78, 5) is 9.43. The van der Waals surface area contributed by atoms with E-state index in [2.05, 4.69) is 38.9 Å². The number of hydrogen-bond acceptors (Lipinski definition) is 7. The number of hydrogen-bond donors (Lipinski definition) is 4. The highest BCUT2D eigenvalue weighted by Gasteiger charge is 2.49. The van der Waals surface area contributed by atoms with Gasteiger partial charge in [-0.15, -0.1) is 13.2 Å². The summed E-state index contributed by atoms with van der Waals surface area (Å²) in [5.74, 6) is -0.129. The highest BCUT2D eigenvalue weighted by Crippen LogP contribution is 2.47. The van der Waals surface area contributed by atoms with E-state index in [1.807, 2.05) is 12.1 Å². The van der Waals surface area contributed by atoms with Gasteiger partial charge in [0.2, 0.25) is 0 Å². The first kappa shape index (κ1) is 23.9. The molecule has 0 unspecified atom stereocenters. The Morgan fingerprint density at radius 2 is 2.11 bits per heavy atom. The molecule has 5 N–H and O–H groups in total. The molecule has 2 aromatic carbocycles. The summed E-state index contributed by atoms with van der Waals surface area (Å²) in [6, 6.07) is 10.1. The third-order valence-corrected chi connectivity index (χ3v) is 7.61. The molecule has 3 atom stereocenters. The molecule has 11 heteroatoms. The number of anilines is 1. The molecule has 0 bridgehead atoms. The molecule has 3 heterocycles. The molecule has 0 saturated carbocycles. The van der Waals surface area contributed by atoms with E-state index in [9.17, 15) is 23.4 Å². The monoisotopic (exact) mass is 506 g/mol. The molecule has 1 fully saturated rings. The number of H-pyrrole nitrogens is 1. The van der Waals surface area contributed by atoms with Gasteiger partial charge < -0.3 is 25.7 Å². The van der Waals surface area contributed by atoms with Gasteiger partial charge in [-0.1, -0.05) is 23.5 Å². The second-order valence-corrected chi connectivity index (χ2v) is 10.2. The van der Waals surface area contributed by atoms with Crippen LogP contribution in [0.25, 0.3) is 21.1 Å². The topological polar surface area (TPSA) is 108 Å². The average molecular weight is 507 g/mol. The maximum atomic E-state index is 11.9. The van der Waals surface area contributed by atoms with Gasteiger partial charge in [0.15, 0.2) is 5.13 Å². The number of aromatic nitrogens is 2. The van der Waals surface area contributed by atoms with Crippen LogP contribution in [-0.4, -0.2) is 57.7 Å². The number of aliphatic hydroxyl groups is 2. The minimum absolute atomic E-state index is 0.0965. The number of nitrogens with one attached hydrogen (secondary N) is 1. The Hall–Kier alpha value is -2.86. The van der Waals surface area contributed by atoms with Crippen molar-refractivity contribution in [3.8, 4) is 5.75 Å². The highest BCUT2D eigenvalue weighted by atomic mass is 32.1. The van der Waals surface area contributed by atoms with Crippen LogP contribution >= 0.6 is 11.3 Å². The number of nitrogens with zero attached hydrogens (tertiary/aromatic N) is 2. The van der Waals surface area contributed by atoms with Crippen molar-refractivity contribution in [2.45, 2.75) is 30.8 Å². The normalized spacial score (nSPS) is 24.2. The van der Waals surface area contributed by atoms with E-state index in [1.165, 1.54) is 29.1 Å². The predicted molar refractivity (Wildman–Crippen MR) is 128 cm³/mol. The van der Waals surface area contributed by atoms with Crippen LogP contribution in [-0.2, 0) is 12.0 Å². The summed E-state index contributed by atoms with van der Waals surface area (Å²) < 4.78 is 40.0. The van der Waals surface area contributed by atoms with Crippen LogP contribution in [0, 0.1) is 5.92 Å². The zero-order valence-corrected chi connectivity index (χ0v) is 19.7. The van der Waals surface area contributed by atoms with Crippen molar-refractivity contribution < 1.29 is 28.1 Å². The Kier molecular flexibility index (Phi) is 5.91. The Morgan fingerprint density at radius 3 is 2.86 bits per heavy atom. The number of aromatic amines is 1. The van der Waals surface area contributed by atoms with Crippen molar-refractivity contribution in [1.82, 2.24) is 14.9 Å². The molecule has 7 nitrogen and oxygen atoms in total. The number of thiazole rings is 1. The van der Waals surface area contributed by atoms with Crippen LogP contribution in [0.15, 0.2) is 42.6 Å². The maximum absolute atomic E-state index is 11.9. The Balaban J connectivity index is 0.000000152. The molecule has 0 amide bonds. The summed E-state index contributed by atoms with van der Waals surface area (Å²) in [7, 11) is 2.05. The molecular weight excluding hydrogens is 481 g/mol. The van der Waals surface area contributed by atoms with E-state index in [4.69, 9.17) is 5.73 Å². The van der Waals surface area contributed by atoms with Gasteiger partial charge in [-0.3, -0.25) is 4.90 Å². The summed E-state index contributed by atoms with van der Waals surface area (Å²) >= 11 is 1.11. The fourth-order valence-corrected chi connectivity index (χ4v) is 6.14. The second kappa shape index (κ2) is 8.66. The number of fused-ring (bicyclic) bond motifs is 3. The number of alkyl halides is 3. The summed E-state index contributed by atoms with van der Waals surface area (Å²) in [6.45, 7) is 0.981. The largest absolute Gasteiger partial charge is 0.573 e. The molecule has 4 aromatic rings. The van der Waals surface area contributed by atoms with Crippen molar-refractivity contribution >= 4 is 37.6 Å². The SMILES string of the molecule is CN1C[C@H](CO)C[C@]2(O)c3cccc4[nH]cc(c34)C[C@@H]12.Nc1nc2ccc(OC(F)(F)F)cc2s1. The number of ether oxygens (including phenoxy) is 1. The number of halogens is 3. The van der Waals surface area contributed by atoms with Gasteiger partial charge >= 0.3 is 6.36 Å². The third-order valence-electron chi connectivity index (χ3n) is 6.76. The first-order chi connectivity index (χ1) is 16.6. The number of likely N-dealkylation sites (N-methyl/N-ethyl adjacent to an activating group) is 1. The van der Waals surface area contributed by atoms with E-state index in [0.717, 1.165) is 35.4 Å². The first-order valence-electron chi connectivity index (χ1n) is 11.1. The van der Waals surface area contributed by atoms with Crippen LogP contribution in [0.1, 0.15) is 17.5 Å². The maximum Gasteiger partial charge on any atom is 0.573 e. The number of nitrogen functional groups attached to an aromatic ring is 1. The Morgan fingerprint density at radius 1 is 1.31 bits per heavy atom. The molecule has 2 aromatic heterocycles. The van der Waals surface area contributed by atoms with Crippen LogP contribution in [0.3, 0.4) is 0 Å². The molecule has 1 aliphatic heterocycles. The van der Waals surface area contributed by atoms with Crippen molar-refractivity contribution in [2.24, 2.45) is 5.92 Å². The van der Waals surface area contributed by atoms with Gasteiger partial charge in [0.25, 0.3) is 0 Å². The molecule has 6 rings (SSSR count). The summed E-state index contributed by atoms with van der Waals surface area (Å²) in [5.41, 5.74) is 8.53. The standard InChI is InChI=1S/C16H20N2O2.C8H5F3N2OS/c1-18-8-10(9-19)6-16(20)12-3-2-4-13-15(12)11(7-17-13)5-14(16)18;9-8(10,11)14-4-1-2-5-6(3-4)15-7(12)13-5/h2-4,7,10,14,17,19-20H,5-6,8-9H2,1H3;1-3H,(H2,12,13)/t10-,14-,16+;/m1./s1. The van der Waals surface area contributed by atoms with Crippen LogP contribution in [0.2, 0.25) is 0 Å². The lowest BCUT2D eigenvalue weighted by Gasteiger charge is -2.50. The minimum Gasteiger partial charge on any atom is -0.406 e. The van der Waals surface area contributed by atoms with Gasteiger partial charge in [0, 0.05) is 42.4 Å². The minimum atomic E-state index is -4.68. The molecule has 35 heavy (non-hydrogen) atoms. The van der Waals surface area contributed by atoms with E-state index in [1.54, 1.807) is 0 Å². The van der Waals surface area contributed by atoms with Gasteiger partial charge in [-0.05, 0) is 55.1 Å². The lowest BCUT2D eigenvalue weighted by molar-refractivity contribution is -0.274. The Bertz CT molecular complexity index is 1370. The van der Waals surface area contributed by atoms with Crippen molar-refractivity contribution in [2.75, 3.05) is 25.9 Å². The fourth-order valence-electron chi connectivity index (χ4n) is 5.38. The fraction of sp³-hybridized carbons (Fsp3) is 0.375. The van der Waals surface area contributed by atoms with Crippen molar-refractivity contribution in [1.29, 1.82) is 0 Å². The number of rotatable bonds is 2. The van der Waals surface area contributed by atoms with Crippen LogP contribution in [0.4, 0.5) is 18.3 Å². The van der Waals surface area contributed by atoms with Gasteiger partial charge in [0.1, 0.15) is 11.4 Å². The molecule has 0 spiro atoms. The summed E-state index contributed by atoms with van der Waals surface area (Å²) in [5, 5.41) is 22.4. The molecule has 2 aliphatic rings. The van der Waals surface area contributed by atoms with E-state index in [0.29, 0.717) is 21.8 Å². The predicted octanol–water partition coefficient (Wildman–Crippen LogP) is 4.00. The zero-order valence-electron chi connectivity index (χ0n) is 18.8. The number of nitrogens with two attached hydrogens (primary N) is 1. The van der Waals surface area contributed by atoms with Gasteiger partial charge in [-0.25, -0.2) is 4.98 Å². The van der Waals surface area contributed by atoms with Crippen LogP contribution < -0.4 is 10.5 Å². The molecule has 0 radical (unpaired) electrons. The molecule has 1 aliphatic carbocycles. The summed E-state index contributed by atoms with van der Waals surface area (Å²) in [6.07, 6.45) is -1.10. The lowest BCUT2D eigenvalue weighted by atomic mass is 9.69. The number of aliphatic hydroxyl groups excluding tert-OH is 1. The van der Waals surface area contributed by atoms with Crippen molar-refractivity contribution in [3.05, 3.63) is 53.7 Å². The number of likely N-dealkylation sites (tertiary alicyclic amines) is 1. The zero-order chi connectivity index (χ0) is 25.0. The van der Waals surface area contributed by atoms with E-state index < -0.39 is 12.0 Å².